The van der Waals surface area contributed by atoms with Gasteiger partial charge < -0.3 is 14.0 Å². The number of hydrogen-bond donors (Lipinski definition) is 0. The zero-order valence-electron chi connectivity index (χ0n) is 15.3. The van der Waals surface area contributed by atoms with E-state index in [1.165, 1.54) is 12.0 Å². The fraction of sp³-hybridized carbons (Fsp3) is 0.421. The highest BCUT2D eigenvalue weighted by Crippen LogP contribution is 2.32. The molecule has 7 nitrogen and oxygen atoms in total. The molecule has 0 radical (unpaired) electrons. The highest BCUT2D eigenvalue weighted by molar-refractivity contribution is 5.86. The van der Waals surface area contributed by atoms with Gasteiger partial charge in [-0.1, -0.05) is 30.3 Å². The van der Waals surface area contributed by atoms with Crippen LogP contribution in [0.2, 0.25) is 0 Å². The summed E-state index contributed by atoms with van der Waals surface area (Å²) < 4.78 is 12.1. The predicted molar refractivity (Wildman–Crippen MR) is 94.5 cm³/mol. The topological polar surface area (TPSA) is 73.7 Å². The zero-order chi connectivity index (χ0) is 18.7. The lowest BCUT2D eigenvalue weighted by Gasteiger charge is -2.41. The summed E-state index contributed by atoms with van der Waals surface area (Å²) in [7, 11) is 1.32. The third kappa shape index (κ3) is 3.16. The van der Waals surface area contributed by atoms with Crippen molar-refractivity contribution in [1.82, 2.24) is 14.5 Å². The Bertz CT molecular complexity index is 802. The number of ether oxygens (including phenoxy) is 2. The maximum absolute atomic E-state index is 12.5. The number of methoxy groups -OCH3 is 1. The minimum absolute atomic E-state index is 0.239. The number of carbonyl (C=O) groups excluding carboxylic acids is 2. The molecule has 1 unspecified atom stereocenters. The van der Waals surface area contributed by atoms with E-state index in [1.54, 1.807) is 20.2 Å². The number of benzene rings is 1. The lowest BCUT2D eigenvalue weighted by atomic mass is 9.89. The van der Waals surface area contributed by atoms with Gasteiger partial charge in [-0.05, 0) is 19.4 Å². The second-order valence-corrected chi connectivity index (χ2v) is 6.48. The number of aromatic nitrogens is 2. The lowest BCUT2D eigenvalue weighted by Crippen LogP contribution is -2.59. The van der Waals surface area contributed by atoms with Crippen LogP contribution in [0.4, 0.5) is 4.79 Å². The zero-order valence-corrected chi connectivity index (χ0v) is 15.3. The van der Waals surface area contributed by atoms with Gasteiger partial charge in [0.15, 0.2) is 0 Å². The summed E-state index contributed by atoms with van der Waals surface area (Å²) in [4.78, 5) is 30.8. The molecule has 1 atom stereocenters. The first kappa shape index (κ1) is 18.0. The van der Waals surface area contributed by atoms with E-state index in [-0.39, 0.29) is 19.6 Å². The van der Waals surface area contributed by atoms with E-state index in [9.17, 15) is 9.59 Å². The molecule has 0 bridgehead atoms. The molecule has 26 heavy (non-hydrogen) atoms. The molecular formula is C19H23N3O4. The smallest absolute Gasteiger partial charge is 0.411 e. The Kier molecular flexibility index (Phi) is 4.97. The second-order valence-electron chi connectivity index (χ2n) is 6.48. The summed E-state index contributed by atoms with van der Waals surface area (Å²) in [6.07, 6.45) is 1.51. The first-order valence-electron chi connectivity index (χ1n) is 8.59. The summed E-state index contributed by atoms with van der Waals surface area (Å²) in [5.41, 5.74) is 1.70. The number of hydrogen-bond acceptors (Lipinski definition) is 5. The van der Waals surface area contributed by atoms with Crippen LogP contribution < -0.4 is 0 Å². The molecule has 0 N–H and O–H groups in total. The molecule has 1 aromatic heterocycles. The van der Waals surface area contributed by atoms with Crippen LogP contribution in [-0.4, -0.2) is 45.8 Å². The number of esters is 1. The van der Waals surface area contributed by atoms with Crippen molar-refractivity contribution in [3.05, 3.63) is 53.6 Å². The van der Waals surface area contributed by atoms with Gasteiger partial charge in [-0.2, -0.15) is 0 Å². The first-order valence-corrected chi connectivity index (χ1v) is 8.59. The molecule has 0 saturated heterocycles. The summed E-state index contributed by atoms with van der Waals surface area (Å²) in [6, 6.07) is 10.0. The average Bonchev–Trinajstić information content (AvgIpc) is 3.02. The number of nitrogens with zero attached hydrogens (tertiary/aromatic N) is 3. The second kappa shape index (κ2) is 7.19. The van der Waals surface area contributed by atoms with Gasteiger partial charge in [0.25, 0.3) is 0 Å². The van der Waals surface area contributed by atoms with E-state index < -0.39 is 17.6 Å². The standard InChI is InChI=1S/C19H23N3O4/c1-4-26-18(24)22-12-16-15(10-19(22,2)17(23)25-3)20-13-21(16)11-14-8-6-5-7-9-14/h5-9,13H,4,10-12H2,1-3H3. The Morgan fingerprint density at radius 2 is 2.00 bits per heavy atom. The normalized spacial score (nSPS) is 19.0. The highest BCUT2D eigenvalue weighted by Gasteiger charge is 2.48. The van der Waals surface area contributed by atoms with Crippen molar-refractivity contribution in [1.29, 1.82) is 0 Å². The molecule has 1 aliphatic heterocycles. The van der Waals surface area contributed by atoms with Crippen LogP contribution in [0, 0.1) is 0 Å². The van der Waals surface area contributed by atoms with Gasteiger partial charge >= 0.3 is 12.1 Å². The maximum Gasteiger partial charge on any atom is 0.411 e. The Hall–Kier alpha value is -2.83. The fourth-order valence-corrected chi connectivity index (χ4v) is 3.31. The van der Waals surface area contributed by atoms with Crippen molar-refractivity contribution in [2.75, 3.05) is 13.7 Å². The van der Waals surface area contributed by atoms with Crippen molar-refractivity contribution < 1.29 is 19.1 Å². The van der Waals surface area contributed by atoms with Gasteiger partial charge in [0, 0.05) is 13.0 Å². The lowest BCUT2D eigenvalue weighted by molar-refractivity contribution is -0.154. The molecule has 0 saturated carbocycles. The van der Waals surface area contributed by atoms with Crippen molar-refractivity contribution in [3.63, 3.8) is 0 Å². The van der Waals surface area contributed by atoms with Gasteiger partial charge in [-0.25, -0.2) is 14.6 Å². The van der Waals surface area contributed by atoms with Crippen LogP contribution >= 0.6 is 0 Å². The minimum Gasteiger partial charge on any atom is -0.467 e. The van der Waals surface area contributed by atoms with Crippen LogP contribution in [0.25, 0.3) is 0 Å². The number of imidazole rings is 1. The van der Waals surface area contributed by atoms with Gasteiger partial charge in [-0.15, -0.1) is 0 Å². The number of amides is 1. The largest absolute Gasteiger partial charge is 0.467 e. The maximum atomic E-state index is 12.5. The van der Waals surface area contributed by atoms with Crippen molar-refractivity contribution in [2.24, 2.45) is 0 Å². The molecule has 0 aliphatic carbocycles. The molecule has 1 aliphatic rings. The van der Waals surface area contributed by atoms with Crippen LogP contribution in [0.5, 0.6) is 0 Å². The molecule has 2 aromatic rings. The molecule has 3 rings (SSSR count). The quantitative estimate of drug-likeness (QED) is 0.786. The van der Waals surface area contributed by atoms with Gasteiger partial charge in [0.2, 0.25) is 0 Å². The third-order valence-corrected chi connectivity index (χ3v) is 4.76. The molecule has 0 spiro atoms. The van der Waals surface area contributed by atoms with Crippen LogP contribution in [0.3, 0.4) is 0 Å². The molecule has 1 aromatic carbocycles. The molecule has 138 valence electrons. The molecule has 2 heterocycles. The Balaban J connectivity index is 1.95. The molecule has 0 fully saturated rings. The summed E-state index contributed by atoms with van der Waals surface area (Å²) in [5.74, 6) is -0.478. The summed E-state index contributed by atoms with van der Waals surface area (Å²) >= 11 is 0. The van der Waals surface area contributed by atoms with Crippen molar-refractivity contribution >= 4 is 12.1 Å². The molecule has 1 amide bonds. The van der Waals surface area contributed by atoms with E-state index in [2.05, 4.69) is 4.98 Å². The third-order valence-electron chi connectivity index (χ3n) is 4.76. The van der Waals surface area contributed by atoms with Crippen molar-refractivity contribution in [2.45, 2.75) is 38.9 Å². The van der Waals surface area contributed by atoms with E-state index in [4.69, 9.17) is 9.47 Å². The van der Waals surface area contributed by atoms with Gasteiger partial charge in [0.1, 0.15) is 5.54 Å². The van der Waals surface area contributed by atoms with E-state index >= 15 is 0 Å². The van der Waals surface area contributed by atoms with E-state index in [0.29, 0.717) is 6.54 Å². The summed E-state index contributed by atoms with van der Waals surface area (Å²) in [6.45, 7) is 4.56. The van der Waals surface area contributed by atoms with Crippen LogP contribution in [-0.2, 0) is 33.8 Å². The van der Waals surface area contributed by atoms with E-state index in [1.807, 2.05) is 34.9 Å². The molecular weight excluding hydrogens is 334 g/mol. The Morgan fingerprint density at radius 3 is 2.65 bits per heavy atom. The first-order chi connectivity index (χ1) is 12.5. The monoisotopic (exact) mass is 357 g/mol. The number of carbonyl (C=O) groups is 2. The number of rotatable bonds is 4. The molecule has 7 heteroatoms. The van der Waals surface area contributed by atoms with Crippen LogP contribution in [0.1, 0.15) is 30.8 Å². The minimum atomic E-state index is -1.14. The van der Waals surface area contributed by atoms with Crippen molar-refractivity contribution in [3.8, 4) is 0 Å². The average molecular weight is 357 g/mol. The Labute approximate surface area is 152 Å². The SMILES string of the molecule is CCOC(=O)N1Cc2c(ncn2Cc2ccccc2)CC1(C)C(=O)OC. The van der Waals surface area contributed by atoms with E-state index in [0.717, 1.165) is 17.0 Å². The van der Waals surface area contributed by atoms with Crippen LogP contribution in [0.15, 0.2) is 36.7 Å². The van der Waals surface area contributed by atoms with Gasteiger partial charge in [-0.3, -0.25) is 4.90 Å². The Morgan fingerprint density at radius 1 is 1.27 bits per heavy atom. The van der Waals surface area contributed by atoms with Gasteiger partial charge in [0.05, 0.1) is 38.0 Å². The predicted octanol–water partition coefficient (Wildman–Crippen LogP) is 2.38. The summed E-state index contributed by atoms with van der Waals surface area (Å²) in [5, 5.41) is 0. The fourth-order valence-electron chi connectivity index (χ4n) is 3.31. The highest BCUT2D eigenvalue weighted by atomic mass is 16.6. The number of fused-ring (bicyclic) bond motifs is 1.